The zero-order valence-electron chi connectivity index (χ0n) is 15.0. The monoisotopic (exact) mass is 505 g/mol. The van der Waals surface area contributed by atoms with E-state index in [2.05, 4.69) is 56.8 Å². The normalized spacial score (nSPS) is 11.1. The van der Waals surface area contributed by atoms with Crippen molar-refractivity contribution in [1.29, 1.82) is 0 Å². The molecule has 3 rings (SSSR count). The molecule has 0 spiro atoms. The minimum absolute atomic E-state index is 0.438. The maximum absolute atomic E-state index is 6.03. The van der Waals surface area contributed by atoms with Crippen LogP contribution in [0, 0.1) is 13.8 Å². The first-order valence-electron chi connectivity index (χ1n) is 8.40. The van der Waals surface area contributed by atoms with Gasteiger partial charge in [0, 0.05) is 11.2 Å². The number of hydrogen-bond acceptors (Lipinski definition) is 2. The molecule has 0 heterocycles. The molecule has 2 nitrogen and oxygen atoms in total. The Morgan fingerprint density at radius 3 is 2.41 bits per heavy atom. The van der Waals surface area contributed by atoms with Gasteiger partial charge in [-0.3, -0.25) is 4.99 Å². The number of benzene rings is 3. The first-order chi connectivity index (χ1) is 12.9. The van der Waals surface area contributed by atoms with Crippen LogP contribution in [-0.4, -0.2) is 6.21 Å². The van der Waals surface area contributed by atoms with Gasteiger partial charge in [-0.05, 0) is 98.3 Å². The number of aliphatic imine (C=N–C) groups is 1. The predicted molar refractivity (Wildman–Crippen MR) is 121 cm³/mol. The Labute approximate surface area is 181 Å². The topological polar surface area (TPSA) is 21.6 Å². The first kappa shape index (κ1) is 20.1. The molecule has 0 aromatic heterocycles. The van der Waals surface area contributed by atoms with Crippen LogP contribution in [0.3, 0.4) is 0 Å². The van der Waals surface area contributed by atoms with E-state index in [9.17, 15) is 0 Å². The summed E-state index contributed by atoms with van der Waals surface area (Å²) in [4.78, 5) is 4.63. The van der Waals surface area contributed by atoms with E-state index < -0.39 is 0 Å². The highest BCUT2D eigenvalue weighted by molar-refractivity contribution is 9.11. The van der Waals surface area contributed by atoms with E-state index in [1.165, 1.54) is 11.1 Å². The number of ether oxygens (including phenoxy) is 1. The van der Waals surface area contributed by atoms with Crippen LogP contribution >= 0.6 is 43.5 Å². The smallest absolute Gasteiger partial charge is 0.148 e. The molecule has 5 heteroatoms. The van der Waals surface area contributed by atoms with Gasteiger partial charge in [-0.1, -0.05) is 35.9 Å². The lowest BCUT2D eigenvalue weighted by Gasteiger charge is -2.11. The Hall–Kier alpha value is -1.62. The fourth-order valence-electron chi connectivity index (χ4n) is 2.59. The SMILES string of the molecule is Cc1cccc(N=Cc2cc(Br)c(OCc3cccc(Cl)c3)c(Br)c2)c1C. The van der Waals surface area contributed by atoms with Crippen LogP contribution in [0.1, 0.15) is 22.3 Å². The number of hydrogen-bond donors (Lipinski definition) is 0. The van der Waals surface area contributed by atoms with E-state index in [-0.39, 0.29) is 0 Å². The van der Waals surface area contributed by atoms with Gasteiger partial charge >= 0.3 is 0 Å². The van der Waals surface area contributed by atoms with Crippen molar-refractivity contribution in [2.75, 3.05) is 0 Å². The van der Waals surface area contributed by atoms with Crippen molar-refractivity contribution in [3.63, 3.8) is 0 Å². The Morgan fingerprint density at radius 2 is 1.70 bits per heavy atom. The lowest BCUT2D eigenvalue weighted by molar-refractivity contribution is 0.302. The first-order valence-corrected chi connectivity index (χ1v) is 10.4. The van der Waals surface area contributed by atoms with Crippen LogP contribution in [0.15, 0.2) is 68.5 Å². The van der Waals surface area contributed by atoms with Gasteiger partial charge in [0.05, 0.1) is 14.6 Å². The molecule has 0 N–H and O–H groups in total. The maximum Gasteiger partial charge on any atom is 0.148 e. The van der Waals surface area contributed by atoms with Crippen LogP contribution in [0.25, 0.3) is 0 Å². The van der Waals surface area contributed by atoms with Crippen molar-refractivity contribution in [2.24, 2.45) is 4.99 Å². The largest absolute Gasteiger partial charge is 0.487 e. The summed E-state index contributed by atoms with van der Waals surface area (Å²) in [6.07, 6.45) is 1.86. The Kier molecular flexibility index (Phi) is 6.74. The number of rotatable bonds is 5. The standard InChI is InChI=1S/C22H18Br2ClNO/c1-14-5-3-8-21(15(14)2)26-12-17-10-19(23)22(20(24)11-17)27-13-16-6-4-7-18(25)9-16/h3-12H,13H2,1-2H3. The molecule has 3 aromatic rings. The van der Waals surface area contributed by atoms with E-state index in [1.807, 2.05) is 54.7 Å². The van der Waals surface area contributed by atoms with Gasteiger partial charge in [0.25, 0.3) is 0 Å². The predicted octanol–water partition coefficient (Wildman–Crippen LogP) is 7.81. The Balaban J connectivity index is 1.78. The second-order valence-electron chi connectivity index (χ2n) is 6.21. The average Bonchev–Trinajstić information content (AvgIpc) is 2.62. The lowest BCUT2D eigenvalue weighted by atomic mass is 10.1. The summed E-state index contributed by atoms with van der Waals surface area (Å²) in [5, 5.41) is 0.701. The molecule has 0 aliphatic rings. The van der Waals surface area contributed by atoms with Crippen molar-refractivity contribution >= 4 is 55.4 Å². The van der Waals surface area contributed by atoms with Crippen molar-refractivity contribution in [1.82, 2.24) is 0 Å². The minimum atomic E-state index is 0.438. The third kappa shape index (κ3) is 5.22. The molecule has 0 amide bonds. The molecule has 0 aliphatic carbocycles. The quantitative estimate of drug-likeness (QED) is 0.323. The van der Waals surface area contributed by atoms with E-state index >= 15 is 0 Å². The second kappa shape index (κ2) is 9.05. The molecule has 0 bridgehead atoms. The summed E-state index contributed by atoms with van der Waals surface area (Å²) in [5.74, 6) is 0.749. The van der Waals surface area contributed by atoms with Gasteiger partial charge < -0.3 is 4.74 Å². The summed E-state index contributed by atoms with van der Waals surface area (Å²) in [7, 11) is 0. The Morgan fingerprint density at radius 1 is 1.00 bits per heavy atom. The van der Waals surface area contributed by atoms with Crippen molar-refractivity contribution in [2.45, 2.75) is 20.5 Å². The number of aryl methyl sites for hydroxylation is 1. The van der Waals surface area contributed by atoms with Gasteiger partial charge in [-0.25, -0.2) is 0 Å². The van der Waals surface area contributed by atoms with E-state index in [1.54, 1.807) is 0 Å². The molecule has 0 radical (unpaired) electrons. The van der Waals surface area contributed by atoms with Gasteiger partial charge in [0.1, 0.15) is 12.4 Å². The summed E-state index contributed by atoms with van der Waals surface area (Å²) in [6, 6.07) is 17.8. The zero-order chi connectivity index (χ0) is 19.4. The minimum Gasteiger partial charge on any atom is -0.487 e. The van der Waals surface area contributed by atoms with E-state index in [0.29, 0.717) is 11.6 Å². The summed E-state index contributed by atoms with van der Waals surface area (Å²) >= 11 is 13.2. The third-order valence-electron chi connectivity index (χ3n) is 4.22. The van der Waals surface area contributed by atoms with Crippen molar-refractivity contribution in [3.8, 4) is 5.75 Å². The highest BCUT2D eigenvalue weighted by atomic mass is 79.9. The van der Waals surface area contributed by atoms with Crippen LogP contribution in [0.4, 0.5) is 5.69 Å². The Bertz CT molecular complexity index is 978. The fourth-order valence-corrected chi connectivity index (χ4v) is 4.26. The molecular weight excluding hydrogens is 490 g/mol. The van der Waals surface area contributed by atoms with Crippen LogP contribution in [0.5, 0.6) is 5.75 Å². The molecular formula is C22H18Br2ClNO. The molecule has 0 unspecified atom stereocenters. The highest BCUT2D eigenvalue weighted by Crippen LogP contribution is 2.35. The molecule has 0 atom stereocenters. The molecule has 0 fully saturated rings. The summed E-state index contributed by atoms with van der Waals surface area (Å²) in [5.41, 5.74) is 5.39. The highest BCUT2D eigenvalue weighted by Gasteiger charge is 2.09. The molecule has 138 valence electrons. The summed E-state index contributed by atoms with van der Waals surface area (Å²) < 4.78 is 7.69. The lowest BCUT2D eigenvalue weighted by Crippen LogP contribution is -1.97. The van der Waals surface area contributed by atoms with Crippen molar-refractivity contribution < 1.29 is 4.74 Å². The molecule has 3 aromatic carbocycles. The van der Waals surface area contributed by atoms with Gasteiger partial charge in [-0.15, -0.1) is 0 Å². The van der Waals surface area contributed by atoms with E-state index in [0.717, 1.165) is 31.5 Å². The van der Waals surface area contributed by atoms with Crippen LogP contribution in [0.2, 0.25) is 5.02 Å². The fraction of sp³-hybridized carbons (Fsp3) is 0.136. The van der Waals surface area contributed by atoms with Gasteiger partial charge in [0.15, 0.2) is 0 Å². The summed E-state index contributed by atoms with van der Waals surface area (Å²) in [6.45, 7) is 4.61. The maximum atomic E-state index is 6.03. The number of nitrogens with zero attached hydrogens (tertiary/aromatic N) is 1. The average molecular weight is 508 g/mol. The van der Waals surface area contributed by atoms with Gasteiger partial charge in [0.2, 0.25) is 0 Å². The van der Waals surface area contributed by atoms with Gasteiger partial charge in [-0.2, -0.15) is 0 Å². The van der Waals surface area contributed by atoms with Crippen molar-refractivity contribution in [3.05, 3.63) is 90.8 Å². The molecule has 27 heavy (non-hydrogen) atoms. The molecule has 0 saturated carbocycles. The van der Waals surface area contributed by atoms with Crippen LogP contribution in [-0.2, 0) is 6.61 Å². The second-order valence-corrected chi connectivity index (χ2v) is 8.35. The molecule has 0 saturated heterocycles. The number of halogens is 3. The zero-order valence-corrected chi connectivity index (χ0v) is 18.9. The van der Waals surface area contributed by atoms with E-state index in [4.69, 9.17) is 16.3 Å². The van der Waals surface area contributed by atoms with Crippen LogP contribution < -0.4 is 4.74 Å². The molecule has 0 aliphatic heterocycles. The third-order valence-corrected chi connectivity index (χ3v) is 5.63.